The predicted molar refractivity (Wildman–Crippen MR) is 87.1 cm³/mol. The lowest BCUT2D eigenvalue weighted by molar-refractivity contribution is 0.222. The van der Waals surface area contributed by atoms with Crippen LogP contribution in [0.2, 0.25) is 0 Å². The Balaban J connectivity index is 0.00000361. The molecule has 2 N–H and O–H groups in total. The maximum absolute atomic E-state index is 8.76. The highest BCUT2D eigenvalue weighted by Gasteiger charge is 2.13. The minimum Gasteiger partial charge on any atom is -0.490 e. The van der Waals surface area contributed by atoms with Gasteiger partial charge in [-0.3, -0.25) is 0 Å². The van der Waals surface area contributed by atoms with Crippen LogP contribution in [0, 0.1) is 0 Å². The summed E-state index contributed by atoms with van der Waals surface area (Å²) in [4.78, 5) is 0. The van der Waals surface area contributed by atoms with Gasteiger partial charge in [-0.2, -0.15) is 0 Å². The van der Waals surface area contributed by atoms with E-state index in [9.17, 15) is 0 Å². The minimum atomic E-state index is 0. The van der Waals surface area contributed by atoms with Crippen molar-refractivity contribution < 1.29 is 14.6 Å². The van der Waals surface area contributed by atoms with Gasteiger partial charge in [0.25, 0.3) is 0 Å². The number of benzene rings is 1. The summed E-state index contributed by atoms with van der Waals surface area (Å²) in [5.74, 6) is 1.48. The smallest absolute Gasteiger partial charge is 0.175 e. The standard InChI is InChI=1S/C14H22BrNO3.ClH/c1-4-18-13-8-11(9-16-5-6-17)7-12(15)14(13)19-10(2)3;/h7-8,10,16-17H,4-6,9H2,1-3H3;1H. The van der Waals surface area contributed by atoms with E-state index in [1.54, 1.807) is 0 Å². The fourth-order valence-corrected chi connectivity index (χ4v) is 2.23. The van der Waals surface area contributed by atoms with Crippen molar-refractivity contribution >= 4 is 28.3 Å². The third-order valence-corrected chi connectivity index (χ3v) is 2.93. The third-order valence-electron chi connectivity index (χ3n) is 2.34. The minimum absolute atomic E-state index is 0. The van der Waals surface area contributed by atoms with E-state index < -0.39 is 0 Å². The van der Waals surface area contributed by atoms with Gasteiger partial charge in [0.15, 0.2) is 11.5 Å². The zero-order valence-electron chi connectivity index (χ0n) is 12.1. The van der Waals surface area contributed by atoms with Crippen molar-refractivity contribution in [2.75, 3.05) is 19.8 Å². The van der Waals surface area contributed by atoms with Crippen molar-refractivity contribution in [2.45, 2.75) is 33.4 Å². The van der Waals surface area contributed by atoms with Crippen LogP contribution in [0.4, 0.5) is 0 Å². The number of aliphatic hydroxyl groups excluding tert-OH is 1. The molecule has 0 aliphatic carbocycles. The fourth-order valence-electron chi connectivity index (χ4n) is 1.65. The van der Waals surface area contributed by atoms with Gasteiger partial charge in [0.2, 0.25) is 0 Å². The van der Waals surface area contributed by atoms with Crippen LogP contribution in [-0.2, 0) is 6.54 Å². The molecule has 0 aliphatic rings. The summed E-state index contributed by atoms with van der Waals surface area (Å²) in [5.41, 5.74) is 1.08. The molecule has 0 aliphatic heterocycles. The molecule has 0 aromatic heterocycles. The molecule has 1 rings (SSSR count). The van der Waals surface area contributed by atoms with Crippen LogP contribution in [-0.4, -0.2) is 31.0 Å². The van der Waals surface area contributed by atoms with Crippen LogP contribution in [0.25, 0.3) is 0 Å². The van der Waals surface area contributed by atoms with Crippen LogP contribution >= 0.6 is 28.3 Å². The molecule has 116 valence electrons. The third kappa shape index (κ3) is 6.31. The zero-order chi connectivity index (χ0) is 14.3. The van der Waals surface area contributed by atoms with Gasteiger partial charge in [-0.15, -0.1) is 12.4 Å². The first-order chi connectivity index (χ1) is 9.08. The number of nitrogens with one attached hydrogen (secondary N) is 1. The molecule has 0 saturated heterocycles. The Morgan fingerprint density at radius 1 is 1.35 bits per heavy atom. The average Bonchev–Trinajstić information content (AvgIpc) is 2.34. The molecule has 0 amide bonds. The Morgan fingerprint density at radius 3 is 2.60 bits per heavy atom. The number of halogens is 2. The zero-order valence-corrected chi connectivity index (χ0v) is 14.5. The van der Waals surface area contributed by atoms with Crippen molar-refractivity contribution in [1.82, 2.24) is 5.32 Å². The lowest BCUT2D eigenvalue weighted by atomic mass is 10.2. The Bertz CT molecular complexity index is 402. The van der Waals surface area contributed by atoms with E-state index in [1.807, 2.05) is 32.9 Å². The summed E-state index contributed by atoms with van der Waals surface area (Å²) in [6.45, 7) is 7.90. The van der Waals surface area contributed by atoms with Crippen molar-refractivity contribution in [3.8, 4) is 11.5 Å². The number of hydrogen-bond donors (Lipinski definition) is 2. The number of hydrogen-bond acceptors (Lipinski definition) is 4. The fraction of sp³-hybridized carbons (Fsp3) is 0.571. The maximum Gasteiger partial charge on any atom is 0.175 e. The highest BCUT2D eigenvalue weighted by molar-refractivity contribution is 9.10. The van der Waals surface area contributed by atoms with E-state index in [0.29, 0.717) is 19.7 Å². The first kappa shape index (κ1) is 19.5. The predicted octanol–water partition coefficient (Wildman–Crippen LogP) is 3.14. The highest BCUT2D eigenvalue weighted by Crippen LogP contribution is 2.37. The topological polar surface area (TPSA) is 50.7 Å². The van der Waals surface area contributed by atoms with E-state index in [4.69, 9.17) is 14.6 Å². The Labute approximate surface area is 135 Å². The van der Waals surface area contributed by atoms with Crippen LogP contribution < -0.4 is 14.8 Å². The first-order valence-electron chi connectivity index (χ1n) is 6.52. The number of rotatable bonds is 8. The quantitative estimate of drug-likeness (QED) is 0.692. The van der Waals surface area contributed by atoms with Gasteiger partial charge in [0.1, 0.15) is 0 Å². The molecule has 1 aromatic rings. The van der Waals surface area contributed by atoms with Crippen LogP contribution in [0.5, 0.6) is 11.5 Å². The van der Waals surface area contributed by atoms with E-state index in [2.05, 4.69) is 21.2 Å². The molecule has 1 aromatic carbocycles. The molecule has 0 spiro atoms. The molecule has 0 fully saturated rings. The lowest BCUT2D eigenvalue weighted by Gasteiger charge is -2.17. The van der Waals surface area contributed by atoms with Crippen molar-refractivity contribution in [3.05, 3.63) is 22.2 Å². The molecule has 0 unspecified atom stereocenters. The van der Waals surface area contributed by atoms with Gasteiger partial charge in [-0.05, 0) is 54.4 Å². The van der Waals surface area contributed by atoms with Gasteiger partial charge in [0.05, 0.1) is 23.8 Å². The molecular weight excluding hydrogens is 346 g/mol. The summed E-state index contributed by atoms with van der Waals surface area (Å²) < 4.78 is 12.3. The second-order valence-corrected chi connectivity index (χ2v) is 5.26. The molecule has 6 heteroatoms. The second-order valence-electron chi connectivity index (χ2n) is 4.40. The summed E-state index contributed by atoms with van der Waals surface area (Å²) in [7, 11) is 0. The van der Waals surface area contributed by atoms with Gasteiger partial charge >= 0.3 is 0 Å². The maximum atomic E-state index is 8.76. The highest BCUT2D eigenvalue weighted by atomic mass is 79.9. The van der Waals surface area contributed by atoms with Gasteiger partial charge in [-0.25, -0.2) is 0 Å². The molecule has 20 heavy (non-hydrogen) atoms. The molecular formula is C14H23BrClNO3. The molecule has 0 atom stereocenters. The summed E-state index contributed by atoms with van der Waals surface area (Å²) in [6.07, 6.45) is 0.0915. The average molecular weight is 369 g/mol. The van der Waals surface area contributed by atoms with Crippen LogP contribution in [0.3, 0.4) is 0 Å². The molecule has 0 heterocycles. The Morgan fingerprint density at radius 2 is 2.05 bits per heavy atom. The molecule has 4 nitrogen and oxygen atoms in total. The molecule has 0 bridgehead atoms. The van der Waals surface area contributed by atoms with E-state index in [0.717, 1.165) is 21.5 Å². The number of aliphatic hydroxyl groups is 1. The Kier molecular flexibility index (Phi) is 10.0. The lowest BCUT2D eigenvalue weighted by Crippen LogP contribution is -2.17. The van der Waals surface area contributed by atoms with E-state index >= 15 is 0 Å². The first-order valence-corrected chi connectivity index (χ1v) is 7.31. The molecule has 0 radical (unpaired) electrons. The summed E-state index contributed by atoms with van der Waals surface area (Å²) >= 11 is 3.52. The SMILES string of the molecule is CCOc1cc(CNCCO)cc(Br)c1OC(C)C.Cl. The largest absolute Gasteiger partial charge is 0.490 e. The number of ether oxygens (including phenoxy) is 2. The summed E-state index contributed by atoms with van der Waals surface area (Å²) in [6, 6.07) is 3.97. The van der Waals surface area contributed by atoms with Crippen molar-refractivity contribution in [3.63, 3.8) is 0 Å². The van der Waals surface area contributed by atoms with Crippen molar-refractivity contribution in [1.29, 1.82) is 0 Å². The summed E-state index contributed by atoms with van der Waals surface area (Å²) in [5, 5.41) is 11.9. The van der Waals surface area contributed by atoms with Crippen LogP contribution in [0.1, 0.15) is 26.3 Å². The van der Waals surface area contributed by atoms with Gasteiger partial charge in [-0.1, -0.05) is 0 Å². The van der Waals surface area contributed by atoms with E-state index in [-0.39, 0.29) is 25.1 Å². The van der Waals surface area contributed by atoms with Crippen LogP contribution in [0.15, 0.2) is 16.6 Å². The normalized spacial score (nSPS) is 10.3. The second kappa shape index (κ2) is 10.3. The monoisotopic (exact) mass is 367 g/mol. The van der Waals surface area contributed by atoms with Crippen molar-refractivity contribution in [2.24, 2.45) is 0 Å². The van der Waals surface area contributed by atoms with Gasteiger partial charge < -0.3 is 19.9 Å². The van der Waals surface area contributed by atoms with Gasteiger partial charge in [0, 0.05) is 13.1 Å². The Hall–Kier alpha value is -0.490. The van der Waals surface area contributed by atoms with E-state index in [1.165, 1.54) is 0 Å². The molecule has 0 saturated carbocycles.